The Hall–Kier alpha value is -0.900. The highest BCUT2D eigenvalue weighted by atomic mass is 15.4. The molecule has 1 heterocycles. The highest BCUT2D eigenvalue weighted by Gasteiger charge is 2.32. The summed E-state index contributed by atoms with van der Waals surface area (Å²) < 4.78 is 2.23. The lowest BCUT2D eigenvalue weighted by molar-refractivity contribution is 0.385. The molecule has 0 spiro atoms. The molecule has 2 aliphatic carbocycles. The first-order valence-electron chi connectivity index (χ1n) is 7.04. The molecular weight excluding hydrogens is 212 g/mol. The molecule has 2 saturated carbocycles. The molecule has 0 aliphatic heterocycles. The Bertz CT molecular complexity index is 373. The Morgan fingerprint density at radius 1 is 1.06 bits per heavy atom. The fourth-order valence-corrected chi connectivity index (χ4v) is 3.03. The lowest BCUT2D eigenvalue weighted by Gasteiger charge is -2.17. The van der Waals surface area contributed by atoms with Crippen molar-refractivity contribution in [2.45, 2.75) is 69.9 Å². The van der Waals surface area contributed by atoms with Crippen molar-refractivity contribution in [2.24, 2.45) is 5.73 Å². The van der Waals surface area contributed by atoms with Crippen LogP contribution in [0.25, 0.3) is 0 Å². The van der Waals surface area contributed by atoms with Gasteiger partial charge in [-0.05, 0) is 25.7 Å². The summed E-state index contributed by atoms with van der Waals surface area (Å²) in [7, 11) is 0. The standard InChI is InChI=1S/C13H22N4/c14-9-12-13(10-7-8-10)17(16-15-12)11-5-3-1-2-4-6-11/h10-11H,1-9,14H2. The molecule has 0 amide bonds. The second-order valence-electron chi connectivity index (χ2n) is 5.49. The van der Waals surface area contributed by atoms with Gasteiger partial charge in [0.05, 0.1) is 17.4 Å². The summed E-state index contributed by atoms with van der Waals surface area (Å²) in [6, 6.07) is 0.584. The molecule has 0 aromatic carbocycles. The Kier molecular flexibility index (Phi) is 3.14. The minimum absolute atomic E-state index is 0.540. The Morgan fingerprint density at radius 3 is 2.35 bits per heavy atom. The highest BCUT2D eigenvalue weighted by molar-refractivity contribution is 5.21. The predicted molar refractivity (Wildman–Crippen MR) is 66.6 cm³/mol. The van der Waals surface area contributed by atoms with Crippen LogP contribution >= 0.6 is 0 Å². The van der Waals surface area contributed by atoms with Gasteiger partial charge in [0, 0.05) is 12.5 Å². The van der Waals surface area contributed by atoms with Gasteiger partial charge in [-0.1, -0.05) is 30.9 Å². The van der Waals surface area contributed by atoms with Crippen LogP contribution in [0, 0.1) is 0 Å². The second kappa shape index (κ2) is 4.77. The minimum Gasteiger partial charge on any atom is -0.325 e. The fourth-order valence-electron chi connectivity index (χ4n) is 3.03. The molecule has 0 radical (unpaired) electrons. The molecule has 4 heteroatoms. The summed E-state index contributed by atoms with van der Waals surface area (Å²) in [5.41, 5.74) is 8.17. The van der Waals surface area contributed by atoms with E-state index in [1.807, 2.05) is 0 Å². The fraction of sp³-hybridized carbons (Fsp3) is 0.846. The number of nitrogens with two attached hydrogens (primary N) is 1. The highest BCUT2D eigenvalue weighted by Crippen LogP contribution is 2.43. The van der Waals surface area contributed by atoms with Gasteiger partial charge in [-0.2, -0.15) is 0 Å². The lowest BCUT2D eigenvalue weighted by atomic mass is 10.1. The molecule has 0 atom stereocenters. The van der Waals surface area contributed by atoms with Gasteiger partial charge >= 0.3 is 0 Å². The van der Waals surface area contributed by atoms with Gasteiger partial charge < -0.3 is 5.73 Å². The van der Waals surface area contributed by atoms with Crippen LogP contribution in [0.4, 0.5) is 0 Å². The second-order valence-corrected chi connectivity index (χ2v) is 5.49. The van der Waals surface area contributed by atoms with E-state index in [2.05, 4.69) is 15.0 Å². The van der Waals surface area contributed by atoms with Gasteiger partial charge in [0.15, 0.2) is 0 Å². The molecule has 0 bridgehead atoms. The maximum absolute atomic E-state index is 5.77. The lowest BCUT2D eigenvalue weighted by Crippen LogP contribution is -2.14. The average Bonchev–Trinajstić information content (AvgIpc) is 3.14. The zero-order valence-corrected chi connectivity index (χ0v) is 10.4. The normalized spacial score (nSPS) is 22.6. The topological polar surface area (TPSA) is 56.7 Å². The van der Waals surface area contributed by atoms with E-state index >= 15 is 0 Å². The summed E-state index contributed by atoms with van der Waals surface area (Å²) in [6.07, 6.45) is 10.6. The van der Waals surface area contributed by atoms with E-state index in [4.69, 9.17) is 5.73 Å². The molecule has 1 aromatic rings. The molecule has 3 rings (SSSR count). The first-order chi connectivity index (χ1) is 8.40. The van der Waals surface area contributed by atoms with Crippen LogP contribution in [0.2, 0.25) is 0 Å². The molecule has 17 heavy (non-hydrogen) atoms. The van der Waals surface area contributed by atoms with Crippen molar-refractivity contribution in [3.8, 4) is 0 Å². The van der Waals surface area contributed by atoms with Crippen molar-refractivity contribution >= 4 is 0 Å². The quantitative estimate of drug-likeness (QED) is 0.817. The predicted octanol–water partition coefficient (Wildman–Crippen LogP) is 2.51. The molecule has 2 N–H and O–H groups in total. The molecule has 2 aliphatic rings. The molecule has 0 unspecified atom stereocenters. The summed E-state index contributed by atoms with van der Waals surface area (Å²) in [5, 5.41) is 8.69. The number of hydrogen-bond acceptors (Lipinski definition) is 3. The Balaban J connectivity index is 1.87. The van der Waals surface area contributed by atoms with Gasteiger partial charge in [0.1, 0.15) is 0 Å². The van der Waals surface area contributed by atoms with E-state index in [9.17, 15) is 0 Å². The van der Waals surface area contributed by atoms with Crippen LogP contribution in [0.1, 0.15) is 74.7 Å². The van der Waals surface area contributed by atoms with Crippen LogP contribution in [0.3, 0.4) is 0 Å². The third-order valence-corrected chi connectivity index (χ3v) is 4.13. The Labute approximate surface area is 103 Å². The Morgan fingerprint density at radius 2 is 1.76 bits per heavy atom. The van der Waals surface area contributed by atoms with Gasteiger partial charge in [-0.25, -0.2) is 4.68 Å². The van der Waals surface area contributed by atoms with E-state index < -0.39 is 0 Å². The molecule has 2 fully saturated rings. The van der Waals surface area contributed by atoms with E-state index in [0.29, 0.717) is 18.5 Å². The molecule has 0 saturated heterocycles. The van der Waals surface area contributed by atoms with Crippen LogP contribution < -0.4 is 5.73 Å². The van der Waals surface area contributed by atoms with Crippen molar-refractivity contribution in [3.63, 3.8) is 0 Å². The number of hydrogen-bond donors (Lipinski definition) is 1. The van der Waals surface area contributed by atoms with E-state index in [0.717, 1.165) is 5.69 Å². The third kappa shape index (κ3) is 2.23. The molecule has 4 nitrogen and oxygen atoms in total. The van der Waals surface area contributed by atoms with Crippen molar-refractivity contribution in [2.75, 3.05) is 0 Å². The van der Waals surface area contributed by atoms with E-state index in [-0.39, 0.29) is 0 Å². The van der Waals surface area contributed by atoms with Gasteiger partial charge in [-0.15, -0.1) is 5.10 Å². The van der Waals surface area contributed by atoms with E-state index in [1.54, 1.807) is 0 Å². The maximum atomic E-state index is 5.77. The maximum Gasteiger partial charge on any atom is 0.0997 e. The van der Waals surface area contributed by atoms with Crippen LogP contribution in [0.15, 0.2) is 0 Å². The zero-order chi connectivity index (χ0) is 11.7. The number of aromatic nitrogens is 3. The molecule has 1 aromatic heterocycles. The smallest absolute Gasteiger partial charge is 0.0997 e. The number of rotatable bonds is 3. The third-order valence-electron chi connectivity index (χ3n) is 4.13. The average molecular weight is 234 g/mol. The van der Waals surface area contributed by atoms with Crippen molar-refractivity contribution in [1.29, 1.82) is 0 Å². The van der Waals surface area contributed by atoms with Gasteiger partial charge in [0.2, 0.25) is 0 Å². The van der Waals surface area contributed by atoms with E-state index in [1.165, 1.54) is 57.1 Å². The minimum atomic E-state index is 0.540. The summed E-state index contributed by atoms with van der Waals surface area (Å²) in [6.45, 7) is 0.540. The summed E-state index contributed by atoms with van der Waals surface area (Å²) in [5.74, 6) is 0.701. The SMILES string of the molecule is NCc1nnn(C2CCCCCC2)c1C1CC1. The molecular formula is C13H22N4. The summed E-state index contributed by atoms with van der Waals surface area (Å²) >= 11 is 0. The van der Waals surface area contributed by atoms with Crippen molar-refractivity contribution in [1.82, 2.24) is 15.0 Å². The zero-order valence-electron chi connectivity index (χ0n) is 10.4. The molecule has 94 valence electrons. The van der Waals surface area contributed by atoms with Crippen LogP contribution in [-0.2, 0) is 6.54 Å². The monoisotopic (exact) mass is 234 g/mol. The van der Waals surface area contributed by atoms with Gasteiger partial charge in [0.25, 0.3) is 0 Å². The number of nitrogens with zero attached hydrogens (tertiary/aromatic N) is 3. The van der Waals surface area contributed by atoms with Gasteiger partial charge in [-0.3, -0.25) is 0 Å². The van der Waals surface area contributed by atoms with Crippen molar-refractivity contribution in [3.05, 3.63) is 11.4 Å². The van der Waals surface area contributed by atoms with Crippen molar-refractivity contribution < 1.29 is 0 Å². The first-order valence-corrected chi connectivity index (χ1v) is 7.04. The summed E-state index contributed by atoms with van der Waals surface area (Å²) in [4.78, 5) is 0. The van der Waals surface area contributed by atoms with Crippen LogP contribution in [-0.4, -0.2) is 15.0 Å². The van der Waals surface area contributed by atoms with Crippen LogP contribution in [0.5, 0.6) is 0 Å². The first kappa shape index (κ1) is 11.2. The largest absolute Gasteiger partial charge is 0.325 e.